The number of β-lactam (4-membered cyclic amide) rings is 1. The molecule has 0 aliphatic carbocycles. The zero-order valence-corrected chi connectivity index (χ0v) is 6.30. The van der Waals surface area contributed by atoms with Gasteiger partial charge in [0.2, 0.25) is 5.91 Å². The maximum atomic E-state index is 10.7. The third-order valence-corrected chi connectivity index (χ3v) is 2.60. The van der Waals surface area contributed by atoms with E-state index in [1.54, 1.807) is 0 Å². The van der Waals surface area contributed by atoms with Gasteiger partial charge in [0.15, 0.2) is 0 Å². The predicted molar refractivity (Wildman–Crippen MR) is 36.9 cm³/mol. The van der Waals surface area contributed by atoms with Crippen LogP contribution in [0.5, 0.6) is 0 Å². The van der Waals surface area contributed by atoms with Crippen LogP contribution in [0, 0.1) is 5.41 Å². The molecule has 0 saturated carbocycles. The van der Waals surface area contributed by atoms with Crippen molar-refractivity contribution in [3.8, 4) is 0 Å². The van der Waals surface area contributed by atoms with Gasteiger partial charge in [-0.2, -0.15) is 0 Å². The molecule has 1 aliphatic heterocycles. The summed E-state index contributed by atoms with van der Waals surface area (Å²) in [4.78, 5) is 10.7. The van der Waals surface area contributed by atoms with E-state index in [2.05, 4.69) is 5.32 Å². The molecule has 0 atom stereocenters. The largest absolute Gasteiger partial charge is 0.354 e. The van der Waals surface area contributed by atoms with E-state index in [9.17, 15) is 4.79 Å². The van der Waals surface area contributed by atoms with Crippen LogP contribution < -0.4 is 5.32 Å². The Kier molecular flexibility index (Phi) is 1.87. The number of rotatable bonds is 2. The van der Waals surface area contributed by atoms with Crippen molar-refractivity contribution in [2.24, 2.45) is 5.41 Å². The number of carbonyl (C=O) groups is 1. The minimum absolute atomic E-state index is 0.0208. The molecule has 52 valence electrons. The van der Waals surface area contributed by atoms with Crippen LogP contribution in [-0.4, -0.2) is 24.2 Å². The lowest BCUT2D eigenvalue weighted by molar-refractivity contribution is -0.136. The van der Waals surface area contributed by atoms with Gasteiger partial charge in [-0.15, -0.1) is 23.2 Å². The Morgan fingerprint density at radius 1 is 1.56 bits per heavy atom. The molecule has 2 nitrogen and oxygen atoms in total. The first kappa shape index (κ1) is 7.16. The molecule has 0 radical (unpaired) electrons. The van der Waals surface area contributed by atoms with Gasteiger partial charge in [-0.05, 0) is 0 Å². The average Bonchev–Trinajstić information content (AvgIpc) is 1.89. The smallest absolute Gasteiger partial charge is 0.230 e. The van der Waals surface area contributed by atoms with Gasteiger partial charge in [0.25, 0.3) is 0 Å². The van der Waals surface area contributed by atoms with E-state index in [0.29, 0.717) is 18.3 Å². The molecule has 1 fully saturated rings. The molecule has 0 aromatic rings. The Labute approximate surface area is 63.5 Å². The van der Waals surface area contributed by atoms with E-state index in [1.807, 2.05) is 0 Å². The van der Waals surface area contributed by atoms with Gasteiger partial charge in [0, 0.05) is 18.3 Å². The maximum Gasteiger partial charge on any atom is 0.230 e. The number of carbonyl (C=O) groups excluding carboxylic acids is 1. The Bertz CT molecular complexity index is 127. The molecule has 0 bridgehead atoms. The van der Waals surface area contributed by atoms with E-state index in [0.717, 1.165) is 0 Å². The van der Waals surface area contributed by atoms with Gasteiger partial charge in [0.05, 0.1) is 5.41 Å². The molecular weight excluding hydrogens is 161 g/mol. The minimum atomic E-state index is -0.455. The first-order chi connectivity index (χ1) is 4.25. The van der Waals surface area contributed by atoms with Crippen LogP contribution in [0.1, 0.15) is 0 Å². The van der Waals surface area contributed by atoms with E-state index in [4.69, 9.17) is 23.2 Å². The van der Waals surface area contributed by atoms with Crippen LogP contribution in [0.3, 0.4) is 0 Å². The maximum absolute atomic E-state index is 10.7. The van der Waals surface area contributed by atoms with Crippen molar-refractivity contribution >= 4 is 29.1 Å². The van der Waals surface area contributed by atoms with Crippen molar-refractivity contribution in [2.45, 2.75) is 0 Å². The summed E-state index contributed by atoms with van der Waals surface area (Å²) in [5.74, 6) is 0.623. The Hall–Kier alpha value is 0.0500. The molecule has 1 amide bonds. The number of halogens is 2. The summed E-state index contributed by atoms with van der Waals surface area (Å²) in [5, 5.41) is 2.59. The van der Waals surface area contributed by atoms with Crippen LogP contribution in [0.2, 0.25) is 0 Å². The SMILES string of the molecule is O=C1NCC1(CCl)CCl. The third-order valence-electron chi connectivity index (χ3n) is 1.58. The topological polar surface area (TPSA) is 29.1 Å². The van der Waals surface area contributed by atoms with Gasteiger partial charge in [-0.25, -0.2) is 0 Å². The van der Waals surface area contributed by atoms with Crippen LogP contribution in [0.4, 0.5) is 0 Å². The monoisotopic (exact) mass is 167 g/mol. The van der Waals surface area contributed by atoms with Crippen molar-refractivity contribution in [2.75, 3.05) is 18.3 Å². The van der Waals surface area contributed by atoms with Crippen molar-refractivity contribution < 1.29 is 4.79 Å². The second-order valence-corrected chi connectivity index (χ2v) is 2.76. The predicted octanol–water partition coefficient (Wildman–Crippen LogP) is 0.580. The number of hydrogen-bond donors (Lipinski definition) is 1. The summed E-state index contributed by atoms with van der Waals surface area (Å²) >= 11 is 11.0. The molecule has 9 heavy (non-hydrogen) atoms. The van der Waals surface area contributed by atoms with Gasteiger partial charge in [0.1, 0.15) is 0 Å². The van der Waals surface area contributed by atoms with Crippen molar-refractivity contribution in [1.29, 1.82) is 0 Å². The molecule has 1 N–H and O–H groups in total. The van der Waals surface area contributed by atoms with Crippen LogP contribution in [-0.2, 0) is 4.79 Å². The number of amides is 1. The molecule has 0 aromatic carbocycles. The van der Waals surface area contributed by atoms with Gasteiger partial charge in [-0.3, -0.25) is 4.79 Å². The van der Waals surface area contributed by atoms with Gasteiger partial charge < -0.3 is 5.32 Å². The van der Waals surface area contributed by atoms with Crippen LogP contribution in [0.25, 0.3) is 0 Å². The molecule has 1 aliphatic rings. The second kappa shape index (κ2) is 2.35. The lowest BCUT2D eigenvalue weighted by Crippen LogP contribution is -2.61. The van der Waals surface area contributed by atoms with Crippen molar-refractivity contribution in [3.05, 3.63) is 0 Å². The Balaban J connectivity index is 2.58. The minimum Gasteiger partial charge on any atom is -0.354 e. The number of alkyl halides is 2. The molecule has 1 saturated heterocycles. The standard InChI is InChI=1S/C5H7Cl2NO/c6-1-5(2-7)3-8-4(5)9/h1-3H2,(H,8,9). The summed E-state index contributed by atoms with van der Waals surface area (Å²) in [5.41, 5.74) is -0.455. The van der Waals surface area contributed by atoms with Gasteiger partial charge in [-0.1, -0.05) is 0 Å². The lowest BCUT2D eigenvalue weighted by Gasteiger charge is -2.37. The summed E-state index contributed by atoms with van der Waals surface area (Å²) in [6.45, 7) is 0.624. The third kappa shape index (κ3) is 0.904. The van der Waals surface area contributed by atoms with Gasteiger partial charge >= 0.3 is 0 Å². The highest BCUT2D eigenvalue weighted by Crippen LogP contribution is 2.26. The van der Waals surface area contributed by atoms with Crippen molar-refractivity contribution in [3.63, 3.8) is 0 Å². The molecular formula is C5H7Cl2NO. The fraction of sp³-hybridized carbons (Fsp3) is 0.800. The van der Waals surface area contributed by atoms with E-state index < -0.39 is 5.41 Å². The lowest BCUT2D eigenvalue weighted by atomic mass is 9.85. The first-order valence-corrected chi connectivity index (χ1v) is 3.72. The summed E-state index contributed by atoms with van der Waals surface area (Å²) in [6, 6.07) is 0. The number of hydrogen-bond acceptors (Lipinski definition) is 1. The van der Waals surface area contributed by atoms with Crippen LogP contribution in [0.15, 0.2) is 0 Å². The highest BCUT2D eigenvalue weighted by Gasteiger charge is 2.44. The average molecular weight is 168 g/mol. The molecule has 1 heterocycles. The molecule has 0 unspecified atom stereocenters. The zero-order chi connectivity index (χ0) is 6.91. The summed E-state index contributed by atoms with van der Waals surface area (Å²) in [7, 11) is 0. The second-order valence-electron chi connectivity index (χ2n) is 2.23. The quantitative estimate of drug-likeness (QED) is 0.474. The van der Waals surface area contributed by atoms with Crippen molar-refractivity contribution in [1.82, 2.24) is 5.32 Å². The van der Waals surface area contributed by atoms with E-state index in [-0.39, 0.29) is 5.91 Å². The van der Waals surface area contributed by atoms with E-state index in [1.165, 1.54) is 0 Å². The zero-order valence-electron chi connectivity index (χ0n) is 4.79. The molecule has 4 heteroatoms. The number of nitrogens with one attached hydrogen (secondary N) is 1. The summed E-state index contributed by atoms with van der Waals surface area (Å²) < 4.78 is 0. The highest BCUT2D eigenvalue weighted by molar-refractivity contribution is 6.24. The fourth-order valence-corrected chi connectivity index (χ4v) is 1.38. The fourth-order valence-electron chi connectivity index (χ4n) is 0.662. The Morgan fingerprint density at radius 2 is 2.11 bits per heavy atom. The Morgan fingerprint density at radius 3 is 2.11 bits per heavy atom. The molecule has 0 spiro atoms. The highest BCUT2D eigenvalue weighted by atomic mass is 35.5. The molecule has 1 rings (SSSR count). The summed E-state index contributed by atoms with van der Waals surface area (Å²) in [6.07, 6.45) is 0. The molecule has 0 aromatic heterocycles. The van der Waals surface area contributed by atoms with Crippen LogP contribution >= 0.6 is 23.2 Å². The normalized spacial score (nSPS) is 22.7. The first-order valence-electron chi connectivity index (χ1n) is 2.65. The van der Waals surface area contributed by atoms with E-state index >= 15 is 0 Å².